The van der Waals surface area contributed by atoms with E-state index in [1.807, 2.05) is 47.8 Å². The van der Waals surface area contributed by atoms with Gasteiger partial charge >= 0.3 is 0 Å². The van der Waals surface area contributed by atoms with E-state index in [1.165, 1.54) is 6.07 Å². The van der Waals surface area contributed by atoms with Crippen LogP contribution in [0.2, 0.25) is 0 Å². The number of furan rings is 1. The number of rotatable bonds is 8. The highest BCUT2D eigenvalue weighted by Crippen LogP contribution is 2.18. The van der Waals surface area contributed by atoms with E-state index in [0.717, 1.165) is 11.3 Å². The van der Waals surface area contributed by atoms with Gasteiger partial charge in [-0.15, -0.1) is 0 Å². The van der Waals surface area contributed by atoms with Gasteiger partial charge in [0, 0.05) is 12.1 Å². The molecule has 0 aliphatic carbocycles. The summed E-state index contributed by atoms with van der Waals surface area (Å²) in [5.74, 6) is 0.472. The molecule has 1 aromatic heterocycles. The van der Waals surface area contributed by atoms with Crippen LogP contribution in [-0.4, -0.2) is 19.0 Å². The van der Waals surface area contributed by atoms with E-state index in [4.69, 9.17) is 4.42 Å². The van der Waals surface area contributed by atoms with Gasteiger partial charge in [-0.2, -0.15) is 0 Å². The normalized spacial score (nSPS) is 11.9. The summed E-state index contributed by atoms with van der Waals surface area (Å²) in [7, 11) is 0. The van der Waals surface area contributed by atoms with Crippen molar-refractivity contribution in [2.75, 3.05) is 13.1 Å². The Balaban J connectivity index is 1.52. The molecule has 0 aliphatic rings. The van der Waals surface area contributed by atoms with Crippen LogP contribution in [0.15, 0.2) is 77.4 Å². The molecule has 0 radical (unpaired) electrons. The number of halogens is 1. The molecule has 1 heterocycles. The number of nitrogens with two attached hydrogens (primary N) is 1. The molecule has 0 saturated carbocycles. The predicted molar refractivity (Wildman–Crippen MR) is 96.9 cm³/mol. The second-order valence-corrected chi connectivity index (χ2v) is 6.03. The lowest BCUT2D eigenvalue weighted by Gasteiger charge is -2.14. The third-order valence-electron chi connectivity index (χ3n) is 4.22. The van der Waals surface area contributed by atoms with Gasteiger partial charge in [0.2, 0.25) is 0 Å². The molecule has 3 N–H and O–H groups in total. The van der Waals surface area contributed by atoms with Gasteiger partial charge in [-0.05, 0) is 30.2 Å². The fraction of sp³-hybridized carbons (Fsp3) is 0.190. The number of quaternary nitrogens is 1. The number of amides is 1. The average molecular weight is 353 g/mol. The van der Waals surface area contributed by atoms with Crippen molar-refractivity contribution in [3.8, 4) is 0 Å². The van der Waals surface area contributed by atoms with Crippen LogP contribution in [0, 0.1) is 5.82 Å². The first-order valence-corrected chi connectivity index (χ1v) is 8.66. The molecule has 0 fully saturated rings. The minimum Gasteiger partial charge on any atom is -0.463 e. The zero-order valence-corrected chi connectivity index (χ0v) is 14.4. The fourth-order valence-electron chi connectivity index (χ4n) is 2.88. The van der Waals surface area contributed by atoms with Crippen LogP contribution in [0.25, 0.3) is 0 Å². The predicted octanol–water partition coefficient (Wildman–Crippen LogP) is 2.43. The highest BCUT2D eigenvalue weighted by atomic mass is 19.1. The van der Waals surface area contributed by atoms with Crippen LogP contribution in [0.5, 0.6) is 0 Å². The van der Waals surface area contributed by atoms with Gasteiger partial charge < -0.3 is 15.1 Å². The quantitative estimate of drug-likeness (QED) is 0.653. The molecule has 4 nitrogen and oxygen atoms in total. The summed E-state index contributed by atoms with van der Waals surface area (Å²) in [6, 6.07) is 20.2. The Morgan fingerprint density at radius 3 is 2.54 bits per heavy atom. The van der Waals surface area contributed by atoms with Gasteiger partial charge in [-0.1, -0.05) is 48.5 Å². The average Bonchev–Trinajstić information content (AvgIpc) is 3.19. The molecule has 3 aromatic rings. The Morgan fingerprint density at radius 2 is 1.81 bits per heavy atom. The lowest BCUT2D eigenvalue weighted by Crippen LogP contribution is -2.87. The Labute approximate surface area is 152 Å². The maximum Gasteiger partial charge on any atom is 0.275 e. The maximum atomic E-state index is 13.6. The minimum atomic E-state index is -0.240. The van der Waals surface area contributed by atoms with Crippen molar-refractivity contribution in [1.82, 2.24) is 5.32 Å². The van der Waals surface area contributed by atoms with Crippen LogP contribution in [-0.2, 0) is 11.2 Å². The fourth-order valence-corrected chi connectivity index (χ4v) is 2.88. The van der Waals surface area contributed by atoms with E-state index in [9.17, 15) is 9.18 Å². The first kappa shape index (κ1) is 17.9. The van der Waals surface area contributed by atoms with Crippen LogP contribution < -0.4 is 10.6 Å². The van der Waals surface area contributed by atoms with Crippen LogP contribution in [0.3, 0.4) is 0 Å². The van der Waals surface area contributed by atoms with Gasteiger partial charge in [0.25, 0.3) is 5.91 Å². The van der Waals surface area contributed by atoms with Crippen LogP contribution in [0.1, 0.15) is 22.9 Å². The first-order chi connectivity index (χ1) is 12.7. The molecule has 0 bridgehead atoms. The lowest BCUT2D eigenvalue weighted by atomic mass is 10.0. The van der Waals surface area contributed by atoms with E-state index < -0.39 is 0 Å². The van der Waals surface area contributed by atoms with Crippen LogP contribution >= 0.6 is 0 Å². The second-order valence-electron chi connectivity index (χ2n) is 6.03. The smallest absolute Gasteiger partial charge is 0.275 e. The van der Waals surface area contributed by atoms with Gasteiger partial charge in [-0.25, -0.2) is 4.39 Å². The summed E-state index contributed by atoms with van der Waals surface area (Å²) in [5.41, 5.74) is 1.68. The molecule has 134 valence electrons. The SMILES string of the molecule is O=C(C[NH2+][C@@H](c1ccccc1)c1ccco1)NCCc1ccccc1F. The monoisotopic (exact) mass is 353 g/mol. The molecule has 0 saturated heterocycles. The van der Waals surface area contributed by atoms with E-state index in [0.29, 0.717) is 18.5 Å². The van der Waals surface area contributed by atoms with Gasteiger partial charge in [0.1, 0.15) is 5.82 Å². The van der Waals surface area contributed by atoms with Gasteiger partial charge in [0.15, 0.2) is 18.3 Å². The van der Waals surface area contributed by atoms with Crippen LogP contribution in [0.4, 0.5) is 4.39 Å². The summed E-state index contributed by atoms with van der Waals surface area (Å²) in [4.78, 5) is 12.2. The molecule has 2 aromatic carbocycles. The third kappa shape index (κ3) is 4.80. The summed E-state index contributed by atoms with van der Waals surface area (Å²) in [6.45, 7) is 0.669. The zero-order chi connectivity index (χ0) is 18.2. The van der Waals surface area contributed by atoms with Crippen molar-refractivity contribution < 1.29 is 18.9 Å². The Kier molecular flexibility index (Phi) is 6.17. The third-order valence-corrected chi connectivity index (χ3v) is 4.22. The van der Waals surface area contributed by atoms with Gasteiger partial charge in [-0.3, -0.25) is 4.79 Å². The molecule has 3 rings (SSSR count). The van der Waals surface area contributed by atoms with Crippen molar-refractivity contribution in [2.45, 2.75) is 12.5 Å². The van der Waals surface area contributed by atoms with E-state index in [1.54, 1.807) is 24.5 Å². The van der Waals surface area contributed by atoms with Crippen molar-refractivity contribution >= 4 is 5.91 Å². The number of hydrogen-bond acceptors (Lipinski definition) is 2. The summed E-state index contributed by atoms with van der Waals surface area (Å²) in [6.07, 6.45) is 2.10. The topological polar surface area (TPSA) is 58.9 Å². The summed E-state index contributed by atoms with van der Waals surface area (Å²) >= 11 is 0. The molecular weight excluding hydrogens is 331 g/mol. The zero-order valence-electron chi connectivity index (χ0n) is 14.4. The van der Waals surface area contributed by atoms with E-state index >= 15 is 0 Å². The van der Waals surface area contributed by atoms with Crippen molar-refractivity contribution in [3.63, 3.8) is 0 Å². The Morgan fingerprint density at radius 1 is 1.04 bits per heavy atom. The highest BCUT2D eigenvalue weighted by molar-refractivity contribution is 5.76. The maximum absolute atomic E-state index is 13.6. The van der Waals surface area contributed by atoms with Crippen molar-refractivity contribution in [2.24, 2.45) is 0 Å². The molecule has 0 spiro atoms. The summed E-state index contributed by atoms with van der Waals surface area (Å²) < 4.78 is 19.1. The second kappa shape index (κ2) is 8.97. The molecule has 5 heteroatoms. The first-order valence-electron chi connectivity index (χ1n) is 8.66. The number of carbonyl (C=O) groups is 1. The minimum absolute atomic E-state index is 0.0801. The number of benzene rings is 2. The molecule has 0 unspecified atom stereocenters. The molecular formula is C21H22FN2O2+. The summed E-state index contributed by atoms with van der Waals surface area (Å²) in [5, 5.41) is 4.78. The molecule has 1 amide bonds. The highest BCUT2D eigenvalue weighted by Gasteiger charge is 2.21. The number of carbonyl (C=O) groups excluding carboxylic acids is 1. The van der Waals surface area contributed by atoms with Gasteiger partial charge in [0.05, 0.1) is 6.26 Å². The Bertz CT molecular complexity index is 819. The number of hydrogen-bond donors (Lipinski definition) is 2. The van der Waals surface area contributed by atoms with E-state index in [-0.39, 0.29) is 24.3 Å². The number of nitrogens with one attached hydrogen (secondary N) is 1. The van der Waals surface area contributed by atoms with E-state index in [2.05, 4.69) is 5.32 Å². The van der Waals surface area contributed by atoms with Crippen molar-refractivity contribution in [3.05, 3.63) is 95.7 Å². The molecule has 26 heavy (non-hydrogen) atoms. The standard InChI is InChI=1S/C21H21FN2O2/c22-18-10-5-4-7-16(18)12-13-23-20(25)15-24-21(19-11-6-14-26-19)17-8-2-1-3-9-17/h1-11,14,21,24H,12-13,15H2,(H,23,25)/p+1/t21-/m0/s1. The Hall–Kier alpha value is -2.92. The molecule has 0 aliphatic heterocycles. The largest absolute Gasteiger partial charge is 0.463 e. The molecule has 1 atom stereocenters. The van der Waals surface area contributed by atoms with Crippen molar-refractivity contribution in [1.29, 1.82) is 0 Å². The lowest BCUT2D eigenvalue weighted by molar-refractivity contribution is -0.678.